The van der Waals surface area contributed by atoms with E-state index in [9.17, 15) is 9.59 Å². The molecular formula is C15H20N4O2S. The van der Waals surface area contributed by atoms with Crippen LogP contribution in [0, 0.1) is 0 Å². The van der Waals surface area contributed by atoms with Crippen LogP contribution < -0.4 is 16.6 Å². The topological polar surface area (TPSA) is 90.0 Å². The lowest BCUT2D eigenvalue weighted by Gasteiger charge is -2.28. The minimum atomic E-state index is -0.238. The number of nitrogens with zero attached hydrogens (tertiary/aromatic N) is 2. The van der Waals surface area contributed by atoms with Gasteiger partial charge in [0.05, 0.1) is 17.3 Å². The Balaban J connectivity index is 1.65. The molecule has 2 aromatic rings. The molecule has 1 fully saturated rings. The van der Waals surface area contributed by atoms with E-state index in [-0.39, 0.29) is 23.4 Å². The lowest BCUT2D eigenvalue weighted by Crippen LogP contribution is -2.51. The number of aromatic nitrogens is 2. The molecule has 118 valence electrons. The van der Waals surface area contributed by atoms with Gasteiger partial charge in [-0.15, -0.1) is 11.3 Å². The van der Waals surface area contributed by atoms with Gasteiger partial charge in [-0.05, 0) is 24.3 Å². The molecule has 3 N–H and O–H groups in total. The fourth-order valence-electron chi connectivity index (χ4n) is 3.06. The highest BCUT2D eigenvalue weighted by Gasteiger charge is 2.33. The first kappa shape index (κ1) is 15.2. The molecule has 22 heavy (non-hydrogen) atoms. The molecule has 2 heterocycles. The van der Waals surface area contributed by atoms with Crippen LogP contribution in [0.4, 0.5) is 0 Å². The molecule has 0 spiro atoms. The van der Waals surface area contributed by atoms with Crippen molar-refractivity contribution in [2.45, 2.75) is 44.2 Å². The van der Waals surface area contributed by atoms with E-state index in [0.29, 0.717) is 18.5 Å². The Morgan fingerprint density at radius 2 is 2.23 bits per heavy atom. The van der Waals surface area contributed by atoms with Crippen LogP contribution in [0.5, 0.6) is 0 Å². The van der Waals surface area contributed by atoms with E-state index in [0.717, 1.165) is 30.5 Å². The molecule has 3 rings (SSSR count). The molecule has 1 amide bonds. The molecule has 0 aliphatic heterocycles. The first-order valence-corrected chi connectivity index (χ1v) is 8.45. The molecule has 1 saturated carbocycles. The summed E-state index contributed by atoms with van der Waals surface area (Å²) in [5, 5.41) is 5.53. The number of hydrogen-bond acceptors (Lipinski definition) is 5. The molecule has 0 bridgehead atoms. The van der Waals surface area contributed by atoms with Gasteiger partial charge in [-0.25, -0.2) is 4.98 Å². The highest BCUT2D eigenvalue weighted by molar-refractivity contribution is 7.16. The lowest BCUT2D eigenvalue weighted by molar-refractivity contribution is -0.123. The molecule has 0 aromatic carbocycles. The molecule has 1 aliphatic rings. The highest BCUT2D eigenvalue weighted by atomic mass is 32.1. The third-order valence-electron chi connectivity index (χ3n) is 4.39. The molecule has 6 nitrogen and oxygen atoms in total. The first-order chi connectivity index (χ1) is 10.6. The summed E-state index contributed by atoms with van der Waals surface area (Å²) < 4.78 is 1.50. The number of aryl methyl sites for hydroxylation is 1. The molecule has 7 heteroatoms. The summed E-state index contributed by atoms with van der Waals surface area (Å²) in [6, 6.07) is 1.77. The summed E-state index contributed by atoms with van der Waals surface area (Å²) in [7, 11) is 0. The number of thiophene rings is 1. The zero-order valence-electron chi connectivity index (χ0n) is 12.4. The fraction of sp³-hybridized carbons (Fsp3) is 0.533. The smallest absolute Gasteiger partial charge is 0.262 e. The van der Waals surface area contributed by atoms with E-state index in [1.807, 2.05) is 5.38 Å². The zero-order chi connectivity index (χ0) is 15.6. The summed E-state index contributed by atoms with van der Waals surface area (Å²) in [5.41, 5.74) is 5.49. The first-order valence-electron chi connectivity index (χ1n) is 7.57. The molecule has 2 aromatic heterocycles. The normalized spacial score (nSPS) is 17.0. The van der Waals surface area contributed by atoms with Crippen LogP contribution in [0.3, 0.4) is 0 Å². The van der Waals surface area contributed by atoms with Crippen molar-refractivity contribution in [3.63, 3.8) is 0 Å². The Kier molecular flexibility index (Phi) is 4.26. The Labute approximate surface area is 132 Å². The van der Waals surface area contributed by atoms with E-state index in [1.54, 1.807) is 6.07 Å². The van der Waals surface area contributed by atoms with Crippen molar-refractivity contribution in [1.82, 2.24) is 14.9 Å². The lowest BCUT2D eigenvalue weighted by atomic mass is 9.97. The summed E-state index contributed by atoms with van der Waals surface area (Å²) >= 11 is 1.44. The third-order valence-corrected chi connectivity index (χ3v) is 5.21. The van der Waals surface area contributed by atoms with Crippen LogP contribution >= 0.6 is 11.3 Å². The SMILES string of the molecule is NCC1(NC(=O)CCn2cnc3sccc3c2=O)CCCC1. The number of carbonyl (C=O) groups is 1. The van der Waals surface area contributed by atoms with E-state index in [4.69, 9.17) is 5.73 Å². The molecule has 1 aliphatic carbocycles. The maximum Gasteiger partial charge on any atom is 0.262 e. The number of carbonyl (C=O) groups excluding carboxylic acids is 1. The highest BCUT2D eigenvalue weighted by Crippen LogP contribution is 2.28. The number of nitrogens with two attached hydrogens (primary N) is 1. The van der Waals surface area contributed by atoms with Crippen LogP contribution in [-0.2, 0) is 11.3 Å². The van der Waals surface area contributed by atoms with E-state index < -0.39 is 0 Å². The van der Waals surface area contributed by atoms with Gasteiger partial charge < -0.3 is 11.1 Å². The van der Waals surface area contributed by atoms with Crippen LogP contribution in [0.15, 0.2) is 22.6 Å². The summed E-state index contributed by atoms with van der Waals surface area (Å²) in [6.45, 7) is 0.811. The number of fused-ring (bicyclic) bond motifs is 1. The minimum absolute atomic E-state index is 0.0512. The summed E-state index contributed by atoms with van der Waals surface area (Å²) in [6.07, 6.45) is 5.88. The molecule has 0 atom stereocenters. The van der Waals surface area contributed by atoms with Gasteiger partial charge in [-0.3, -0.25) is 14.2 Å². The Morgan fingerprint density at radius 1 is 1.45 bits per heavy atom. The standard InChI is InChI=1S/C15H20N4O2S/c16-9-15(5-1-2-6-15)18-12(20)3-7-19-10-17-13-11(14(19)21)4-8-22-13/h4,8,10H,1-3,5-7,9,16H2,(H,18,20). The predicted molar refractivity (Wildman–Crippen MR) is 86.9 cm³/mol. The zero-order valence-corrected chi connectivity index (χ0v) is 13.2. The molecule has 0 saturated heterocycles. The van der Waals surface area contributed by atoms with Crippen molar-refractivity contribution in [2.75, 3.05) is 6.54 Å². The summed E-state index contributed by atoms with van der Waals surface area (Å²) in [5.74, 6) is -0.0512. The van der Waals surface area contributed by atoms with E-state index in [2.05, 4.69) is 10.3 Å². The predicted octanol–water partition coefficient (Wildman–Crippen LogP) is 1.24. The van der Waals surface area contributed by atoms with Gasteiger partial charge in [0, 0.05) is 19.5 Å². The van der Waals surface area contributed by atoms with Gasteiger partial charge >= 0.3 is 0 Å². The van der Waals surface area contributed by atoms with Crippen molar-refractivity contribution in [1.29, 1.82) is 0 Å². The monoisotopic (exact) mass is 320 g/mol. The average Bonchev–Trinajstić information content (AvgIpc) is 3.16. The van der Waals surface area contributed by atoms with Crippen molar-refractivity contribution >= 4 is 27.5 Å². The summed E-state index contributed by atoms with van der Waals surface area (Å²) in [4.78, 5) is 29.4. The van der Waals surface area contributed by atoms with Crippen LogP contribution in [0.25, 0.3) is 10.2 Å². The van der Waals surface area contributed by atoms with Gasteiger partial charge in [0.1, 0.15) is 4.83 Å². The van der Waals surface area contributed by atoms with Crippen molar-refractivity contribution in [3.8, 4) is 0 Å². The second-order valence-corrected chi connectivity index (χ2v) is 6.77. The van der Waals surface area contributed by atoms with E-state index in [1.165, 1.54) is 22.2 Å². The van der Waals surface area contributed by atoms with Crippen molar-refractivity contribution in [2.24, 2.45) is 5.73 Å². The molecule has 0 unspecified atom stereocenters. The van der Waals surface area contributed by atoms with Gasteiger partial charge in [0.25, 0.3) is 5.56 Å². The van der Waals surface area contributed by atoms with Crippen molar-refractivity contribution < 1.29 is 4.79 Å². The van der Waals surface area contributed by atoms with E-state index >= 15 is 0 Å². The van der Waals surface area contributed by atoms with Gasteiger partial charge in [-0.1, -0.05) is 12.8 Å². The Bertz CT molecular complexity index is 730. The van der Waals surface area contributed by atoms with Gasteiger partial charge in [0.15, 0.2) is 0 Å². The van der Waals surface area contributed by atoms with Gasteiger partial charge in [0.2, 0.25) is 5.91 Å². The maximum absolute atomic E-state index is 12.2. The Hall–Kier alpha value is -1.73. The van der Waals surface area contributed by atoms with Crippen molar-refractivity contribution in [3.05, 3.63) is 28.1 Å². The molecular weight excluding hydrogens is 300 g/mol. The number of rotatable bonds is 5. The average molecular weight is 320 g/mol. The quantitative estimate of drug-likeness (QED) is 0.867. The van der Waals surface area contributed by atoms with Crippen LogP contribution in [-0.4, -0.2) is 27.5 Å². The third kappa shape index (κ3) is 2.91. The number of nitrogens with one attached hydrogen (secondary N) is 1. The van der Waals surface area contributed by atoms with Crippen LogP contribution in [0.2, 0.25) is 0 Å². The fourth-order valence-corrected chi connectivity index (χ4v) is 3.79. The van der Waals surface area contributed by atoms with Crippen LogP contribution in [0.1, 0.15) is 32.1 Å². The number of amides is 1. The second kappa shape index (κ2) is 6.18. The van der Waals surface area contributed by atoms with Gasteiger partial charge in [-0.2, -0.15) is 0 Å². The maximum atomic E-state index is 12.2. The molecule has 0 radical (unpaired) electrons. The number of hydrogen-bond donors (Lipinski definition) is 2. The Morgan fingerprint density at radius 3 is 2.95 bits per heavy atom. The second-order valence-electron chi connectivity index (χ2n) is 5.87. The largest absolute Gasteiger partial charge is 0.349 e. The minimum Gasteiger partial charge on any atom is -0.349 e.